The van der Waals surface area contributed by atoms with Crippen molar-refractivity contribution < 1.29 is 9.59 Å². The van der Waals surface area contributed by atoms with Crippen LogP contribution in [0.5, 0.6) is 0 Å². The maximum atomic E-state index is 12.6. The fourth-order valence-electron chi connectivity index (χ4n) is 2.98. The second-order valence-corrected chi connectivity index (χ2v) is 5.77. The Morgan fingerprint density at radius 2 is 1.96 bits per heavy atom. The Morgan fingerprint density at radius 1 is 1.17 bits per heavy atom. The number of carbonyl (C=O) groups is 2. The van der Waals surface area contributed by atoms with E-state index in [4.69, 9.17) is 5.73 Å². The van der Waals surface area contributed by atoms with Crippen LogP contribution in [-0.2, 0) is 29.0 Å². The van der Waals surface area contributed by atoms with Crippen molar-refractivity contribution in [2.24, 2.45) is 5.73 Å². The number of hydrogen-bond acceptors (Lipinski definition) is 3. The summed E-state index contributed by atoms with van der Waals surface area (Å²) in [6, 6.07) is 11.1. The minimum Gasteiger partial charge on any atom is -0.368 e. The lowest BCUT2D eigenvalue weighted by Crippen LogP contribution is -2.51. The van der Waals surface area contributed by atoms with Gasteiger partial charge >= 0.3 is 0 Å². The van der Waals surface area contributed by atoms with Crippen molar-refractivity contribution >= 4 is 11.8 Å². The third kappa shape index (κ3) is 3.39. The molecule has 1 atom stereocenters. The molecule has 1 aromatic carbocycles. The smallest absolute Gasteiger partial charge is 0.240 e. The Bertz CT molecular complexity index is 715. The van der Waals surface area contributed by atoms with Crippen LogP contribution in [0.1, 0.15) is 23.1 Å². The quantitative estimate of drug-likeness (QED) is 0.929. The number of fused-ring (bicyclic) bond motifs is 1. The number of hydrogen-bond donors (Lipinski definition) is 1. The zero-order valence-electron chi connectivity index (χ0n) is 12.8. The molecule has 2 heterocycles. The largest absolute Gasteiger partial charge is 0.368 e. The van der Waals surface area contributed by atoms with Crippen molar-refractivity contribution in [3.8, 4) is 0 Å². The van der Waals surface area contributed by atoms with Gasteiger partial charge in [-0.3, -0.25) is 14.6 Å². The number of amides is 2. The molecule has 5 nitrogen and oxygen atoms in total. The second-order valence-electron chi connectivity index (χ2n) is 5.77. The van der Waals surface area contributed by atoms with E-state index < -0.39 is 11.9 Å². The molecule has 0 saturated carbocycles. The van der Waals surface area contributed by atoms with Crippen molar-refractivity contribution in [3.63, 3.8) is 0 Å². The topological polar surface area (TPSA) is 76.3 Å². The summed E-state index contributed by atoms with van der Waals surface area (Å²) >= 11 is 0. The van der Waals surface area contributed by atoms with Gasteiger partial charge in [0.05, 0.1) is 0 Å². The van der Waals surface area contributed by atoms with Gasteiger partial charge in [-0.1, -0.05) is 30.3 Å². The van der Waals surface area contributed by atoms with Gasteiger partial charge in [0.25, 0.3) is 0 Å². The summed E-state index contributed by atoms with van der Waals surface area (Å²) in [5, 5.41) is 0. The number of benzene rings is 1. The van der Waals surface area contributed by atoms with Gasteiger partial charge in [0.2, 0.25) is 11.8 Å². The first kappa shape index (κ1) is 15.2. The zero-order valence-corrected chi connectivity index (χ0v) is 12.8. The van der Waals surface area contributed by atoms with Crippen LogP contribution in [-0.4, -0.2) is 27.7 Å². The zero-order chi connectivity index (χ0) is 16.2. The minimum atomic E-state index is -0.564. The van der Waals surface area contributed by atoms with E-state index in [9.17, 15) is 9.59 Å². The molecule has 0 saturated heterocycles. The lowest BCUT2D eigenvalue weighted by Gasteiger charge is -2.35. The maximum Gasteiger partial charge on any atom is 0.240 e. The SMILES string of the molecule is NC(=O)[C@H]1Cc2ccccc2CN1C(=O)CCc1cccnc1. The number of primary amides is 1. The third-order valence-electron chi connectivity index (χ3n) is 4.25. The van der Waals surface area contributed by atoms with E-state index in [1.165, 1.54) is 0 Å². The molecule has 1 aromatic heterocycles. The molecular weight excluding hydrogens is 290 g/mol. The van der Waals surface area contributed by atoms with E-state index in [1.807, 2.05) is 36.4 Å². The Kier molecular flexibility index (Phi) is 4.37. The van der Waals surface area contributed by atoms with E-state index in [0.717, 1.165) is 16.7 Å². The average molecular weight is 309 g/mol. The lowest BCUT2D eigenvalue weighted by atomic mass is 9.93. The van der Waals surface area contributed by atoms with Crippen LogP contribution < -0.4 is 5.73 Å². The number of rotatable bonds is 4. The Balaban J connectivity index is 1.74. The predicted molar refractivity (Wildman–Crippen MR) is 86.2 cm³/mol. The van der Waals surface area contributed by atoms with Gasteiger partial charge in [-0.2, -0.15) is 0 Å². The average Bonchev–Trinajstić information content (AvgIpc) is 2.59. The van der Waals surface area contributed by atoms with E-state index in [2.05, 4.69) is 4.98 Å². The fraction of sp³-hybridized carbons (Fsp3) is 0.278. The first-order valence-corrected chi connectivity index (χ1v) is 7.69. The van der Waals surface area contributed by atoms with Crippen molar-refractivity contribution in [2.75, 3.05) is 0 Å². The van der Waals surface area contributed by atoms with E-state index in [1.54, 1.807) is 17.3 Å². The van der Waals surface area contributed by atoms with Crippen molar-refractivity contribution in [2.45, 2.75) is 31.8 Å². The third-order valence-corrected chi connectivity index (χ3v) is 4.25. The standard InChI is InChI=1S/C18H19N3O2/c19-18(23)16-10-14-5-1-2-6-15(14)12-21(16)17(22)8-7-13-4-3-9-20-11-13/h1-6,9,11,16H,7-8,10,12H2,(H2,19,23)/t16-/m1/s1. The summed E-state index contributed by atoms with van der Waals surface area (Å²) in [5.41, 5.74) is 8.70. The first-order valence-electron chi connectivity index (χ1n) is 7.69. The Labute approximate surface area is 135 Å². The lowest BCUT2D eigenvalue weighted by molar-refractivity contribution is -0.140. The molecule has 23 heavy (non-hydrogen) atoms. The van der Waals surface area contributed by atoms with Crippen LogP contribution in [0.2, 0.25) is 0 Å². The Morgan fingerprint density at radius 3 is 2.65 bits per heavy atom. The molecule has 2 aromatic rings. The predicted octanol–water partition coefficient (Wildman–Crippen LogP) is 1.45. The summed E-state index contributed by atoms with van der Waals surface area (Å²) in [4.78, 5) is 30.0. The molecule has 1 aliphatic heterocycles. The van der Waals surface area contributed by atoms with Gasteiger partial charge in [0, 0.05) is 31.8 Å². The number of nitrogens with zero attached hydrogens (tertiary/aromatic N) is 2. The van der Waals surface area contributed by atoms with E-state index in [-0.39, 0.29) is 5.91 Å². The van der Waals surface area contributed by atoms with Crippen molar-refractivity contribution in [1.82, 2.24) is 9.88 Å². The van der Waals surface area contributed by atoms with Gasteiger partial charge in [0.15, 0.2) is 0 Å². The molecule has 0 fully saturated rings. The summed E-state index contributed by atoms with van der Waals surface area (Å²) in [6.45, 7) is 0.440. The number of nitrogens with two attached hydrogens (primary N) is 1. The molecular formula is C18H19N3O2. The first-order chi connectivity index (χ1) is 11.1. The second kappa shape index (κ2) is 6.60. The molecule has 2 amide bonds. The van der Waals surface area contributed by atoms with Crippen LogP contribution in [0.15, 0.2) is 48.8 Å². The van der Waals surface area contributed by atoms with Gasteiger partial charge in [0.1, 0.15) is 6.04 Å². The highest BCUT2D eigenvalue weighted by Crippen LogP contribution is 2.24. The van der Waals surface area contributed by atoms with Gasteiger partial charge < -0.3 is 10.6 Å². The highest BCUT2D eigenvalue weighted by molar-refractivity contribution is 5.87. The molecule has 0 aliphatic carbocycles. The molecule has 0 bridgehead atoms. The van der Waals surface area contributed by atoms with Gasteiger partial charge in [-0.25, -0.2) is 0 Å². The summed E-state index contributed by atoms with van der Waals surface area (Å²) < 4.78 is 0. The molecule has 0 radical (unpaired) electrons. The van der Waals surface area contributed by atoms with Crippen LogP contribution >= 0.6 is 0 Å². The van der Waals surface area contributed by atoms with Gasteiger partial charge in [-0.15, -0.1) is 0 Å². The van der Waals surface area contributed by atoms with E-state index in [0.29, 0.717) is 25.8 Å². The van der Waals surface area contributed by atoms with E-state index >= 15 is 0 Å². The summed E-state index contributed by atoms with van der Waals surface area (Å²) in [7, 11) is 0. The monoisotopic (exact) mass is 309 g/mol. The molecule has 0 unspecified atom stereocenters. The van der Waals surface area contributed by atoms with Gasteiger partial charge in [-0.05, 0) is 29.2 Å². The molecule has 1 aliphatic rings. The van der Waals surface area contributed by atoms with Crippen molar-refractivity contribution in [3.05, 3.63) is 65.5 Å². The Hall–Kier alpha value is -2.69. The van der Waals surface area contributed by atoms with Crippen LogP contribution in [0.4, 0.5) is 0 Å². The molecule has 118 valence electrons. The summed E-state index contributed by atoms with van der Waals surface area (Å²) in [5.74, 6) is -0.499. The van der Waals surface area contributed by atoms with Crippen LogP contribution in [0.3, 0.4) is 0 Å². The fourth-order valence-corrected chi connectivity index (χ4v) is 2.98. The van der Waals surface area contributed by atoms with Crippen molar-refractivity contribution in [1.29, 1.82) is 0 Å². The molecule has 0 spiro atoms. The number of aryl methyl sites for hydroxylation is 1. The molecule has 2 N–H and O–H groups in total. The molecule has 3 rings (SSSR count). The normalized spacial score (nSPS) is 16.7. The maximum absolute atomic E-state index is 12.6. The van der Waals surface area contributed by atoms with Crippen LogP contribution in [0, 0.1) is 0 Å². The highest BCUT2D eigenvalue weighted by Gasteiger charge is 2.32. The highest BCUT2D eigenvalue weighted by atomic mass is 16.2. The number of aromatic nitrogens is 1. The summed E-state index contributed by atoms with van der Waals surface area (Å²) in [6.07, 6.45) is 4.90. The number of carbonyl (C=O) groups excluding carboxylic acids is 2. The minimum absolute atomic E-state index is 0.0489. The van der Waals surface area contributed by atoms with Crippen LogP contribution in [0.25, 0.3) is 0 Å². The molecule has 5 heteroatoms. The number of pyridine rings is 1.